The topological polar surface area (TPSA) is 35.6 Å². The first kappa shape index (κ1) is 24.8. The van der Waals surface area contributed by atoms with Crippen LogP contribution in [0.5, 0.6) is 0 Å². The second kappa shape index (κ2) is 11.4. The molecule has 1 N–H and O–H groups in total. The summed E-state index contributed by atoms with van der Waals surface area (Å²) in [5, 5.41) is 3.00. The zero-order valence-electron chi connectivity index (χ0n) is 19.6. The molecule has 0 aromatic heterocycles. The van der Waals surface area contributed by atoms with Crippen LogP contribution >= 0.6 is 0 Å². The van der Waals surface area contributed by atoms with Gasteiger partial charge in [0.2, 0.25) is 0 Å². The number of hydrogen-bond acceptors (Lipinski definition) is 3. The SMILES string of the molecule is O=C(NCCCCN1CCN(c2cccc(C(F)(F)F)c2)CC1)c1cccc(-c2ccccc2)c1. The molecule has 3 aromatic carbocycles. The van der Waals surface area contributed by atoms with Crippen molar-refractivity contribution in [1.29, 1.82) is 0 Å². The first-order valence-corrected chi connectivity index (χ1v) is 12.0. The number of rotatable bonds is 8. The van der Waals surface area contributed by atoms with E-state index in [0.29, 0.717) is 30.9 Å². The summed E-state index contributed by atoms with van der Waals surface area (Å²) < 4.78 is 38.9. The highest BCUT2D eigenvalue weighted by atomic mass is 19.4. The zero-order valence-corrected chi connectivity index (χ0v) is 19.6. The summed E-state index contributed by atoms with van der Waals surface area (Å²) in [6, 6.07) is 23.2. The summed E-state index contributed by atoms with van der Waals surface area (Å²) in [5.74, 6) is -0.0718. The molecule has 0 bridgehead atoms. The van der Waals surface area contributed by atoms with Gasteiger partial charge < -0.3 is 10.2 Å². The minimum absolute atomic E-state index is 0.0718. The maximum Gasteiger partial charge on any atom is 0.416 e. The van der Waals surface area contributed by atoms with Crippen LogP contribution in [0, 0.1) is 0 Å². The second-order valence-electron chi connectivity index (χ2n) is 8.79. The molecule has 1 aliphatic heterocycles. The minimum Gasteiger partial charge on any atom is -0.369 e. The van der Waals surface area contributed by atoms with Crippen LogP contribution in [0.4, 0.5) is 18.9 Å². The molecule has 1 heterocycles. The van der Waals surface area contributed by atoms with Gasteiger partial charge in [-0.1, -0.05) is 48.5 Å². The molecular formula is C28H30F3N3O. The van der Waals surface area contributed by atoms with E-state index in [-0.39, 0.29) is 5.91 Å². The number of nitrogens with zero attached hydrogens (tertiary/aromatic N) is 2. The van der Waals surface area contributed by atoms with Gasteiger partial charge in [-0.15, -0.1) is 0 Å². The van der Waals surface area contributed by atoms with Gasteiger partial charge in [0.15, 0.2) is 0 Å². The molecule has 0 unspecified atom stereocenters. The molecule has 35 heavy (non-hydrogen) atoms. The lowest BCUT2D eigenvalue weighted by Crippen LogP contribution is -2.46. The zero-order chi connectivity index (χ0) is 24.7. The predicted molar refractivity (Wildman–Crippen MR) is 134 cm³/mol. The fourth-order valence-corrected chi connectivity index (χ4v) is 4.34. The molecule has 3 aromatic rings. The number of nitrogens with one attached hydrogen (secondary N) is 1. The number of carbonyl (C=O) groups is 1. The van der Waals surface area contributed by atoms with Crippen LogP contribution in [0.3, 0.4) is 0 Å². The third-order valence-electron chi connectivity index (χ3n) is 6.33. The summed E-state index contributed by atoms with van der Waals surface area (Å²) in [7, 11) is 0. The predicted octanol–water partition coefficient (Wildman–Crippen LogP) is 5.70. The maximum absolute atomic E-state index is 13.0. The van der Waals surface area contributed by atoms with E-state index in [0.717, 1.165) is 49.7 Å². The van der Waals surface area contributed by atoms with Crippen LogP contribution in [0.15, 0.2) is 78.9 Å². The van der Waals surface area contributed by atoms with E-state index in [1.165, 1.54) is 12.1 Å². The molecule has 1 amide bonds. The molecule has 4 rings (SSSR count). The summed E-state index contributed by atoms with van der Waals surface area (Å²) in [5.41, 5.74) is 2.76. The Hall–Kier alpha value is -3.32. The highest BCUT2D eigenvalue weighted by molar-refractivity contribution is 5.95. The molecule has 0 spiro atoms. The molecule has 4 nitrogen and oxygen atoms in total. The van der Waals surface area contributed by atoms with Gasteiger partial charge in [-0.3, -0.25) is 9.69 Å². The van der Waals surface area contributed by atoms with Crippen molar-refractivity contribution in [1.82, 2.24) is 10.2 Å². The van der Waals surface area contributed by atoms with Crippen LogP contribution in [0.25, 0.3) is 11.1 Å². The lowest BCUT2D eigenvalue weighted by atomic mass is 10.0. The van der Waals surface area contributed by atoms with Crippen molar-refractivity contribution in [3.63, 3.8) is 0 Å². The van der Waals surface area contributed by atoms with Crippen molar-refractivity contribution in [2.75, 3.05) is 44.2 Å². The van der Waals surface area contributed by atoms with E-state index in [1.807, 2.05) is 59.5 Å². The van der Waals surface area contributed by atoms with Gasteiger partial charge in [0, 0.05) is 44.0 Å². The number of unbranched alkanes of at least 4 members (excludes halogenated alkanes) is 1. The number of benzene rings is 3. The molecule has 184 valence electrons. The van der Waals surface area contributed by atoms with Crippen LogP contribution in [-0.4, -0.2) is 50.1 Å². The molecule has 1 saturated heterocycles. The van der Waals surface area contributed by atoms with Gasteiger partial charge in [-0.2, -0.15) is 13.2 Å². The number of alkyl halides is 3. The van der Waals surface area contributed by atoms with Crippen molar-refractivity contribution in [3.8, 4) is 11.1 Å². The third-order valence-corrected chi connectivity index (χ3v) is 6.33. The first-order chi connectivity index (χ1) is 16.9. The highest BCUT2D eigenvalue weighted by Crippen LogP contribution is 2.31. The Bertz CT molecular complexity index is 1110. The van der Waals surface area contributed by atoms with E-state index in [1.54, 1.807) is 6.07 Å². The fraction of sp³-hybridized carbons (Fsp3) is 0.321. The van der Waals surface area contributed by atoms with Gasteiger partial charge in [-0.25, -0.2) is 0 Å². The maximum atomic E-state index is 13.0. The lowest BCUT2D eigenvalue weighted by molar-refractivity contribution is -0.137. The molecular weight excluding hydrogens is 451 g/mol. The minimum atomic E-state index is -4.32. The van der Waals surface area contributed by atoms with Crippen molar-refractivity contribution in [2.45, 2.75) is 19.0 Å². The van der Waals surface area contributed by atoms with Crippen LogP contribution < -0.4 is 10.2 Å². The van der Waals surface area contributed by atoms with E-state index < -0.39 is 11.7 Å². The quantitative estimate of drug-likeness (QED) is 0.419. The highest BCUT2D eigenvalue weighted by Gasteiger charge is 2.31. The average Bonchev–Trinajstić information content (AvgIpc) is 2.89. The van der Waals surface area contributed by atoms with Crippen molar-refractivity contribution in [3.05, 3.63) is 90.0 Å². The standard InChI is InChI=1S/C28H30F3N3O/c29-28(30,31)25-12-7-13-26(21-25)34-18-16-33(17-19-34)15-5-4-14-32-27(35)24-11-6-10-23(20-24)22-8-2-1-3-9-22/h1-3,6-13,20-21H,4-5,14-19H2,(H,32,35). The Morgan fingerprint density at radius 1 is 0.800 bits per heavy atom. The monoisotopic (exact) mass is 481 g/mol. The Morgan fingerprint density at radius 3 is 2.26 bits per heavy atom. The first-order valence-electron chi connectivity index (χ1n) is 12.0. The molecule has 7 heteroatoms. The number of amides is 1. The summed E-state index contributed by atoms with van der Waals surface area (Å²) >= 11 is 0. The molecule has 0 aliphatic carbocycles. The Kier molecular flexibility index (Phi) is 8.08. The third kappa shape index (κ3) is 6.85. The summed E-state index contributed by atoms with van der Waals surface area (Å²) in [6.45, 7) is 4.56. The van der Waals surface area contributed by atoms with Crippen molar-refractivity contribution >= 4 is 11.6 Å². The van der Waals surface area contributed by atoms with E-state index >= 15 is 0 Å². The lowest BCUT2D eigenvalue weighted by Gasteiger charge is -2.36. The van der Waals surface area contributed by atoms with Gasteiger partial charge >= 0.3 is 6.18 Å². The van der Waals surface area contributed by atoms with Crippen molar-refractivity contribution < 1.29 is 18.0 Å². The Morgan fingerprint density at radius 2 is 1.51 bits per heavy atom. The molecule has 1 fully saturated rings. The number of anilines is 1. The number of hydrogen-bond donors (Lipinski definition) is 1. The van der Waals surface area contributed by atoms with Gasteiger partial charge in [-0.05, 0) is 60.8 Å². The van der Waals surface area contributed by atoms with Crippen LogP contribution in [-0.2, 0) is 6.18 Å². The van der Waals surface area contributed by atoms with E-state index in [2.05, 4.69) is 10.2 Å². The molecule has 1 aliphatic rings. The van der Waals surface area contributed by atoms with Gasteiger partial charge in [0.05, 0.1) is 5.56 Å². The second-order valence-corrected chi connectivity index (χ2v) is 8.79. The number of piperazine rings is 1. The van der Waals surface area contributed by atoms with Gasteiger partial charge in [0.25, 0.3) is 5.91 Å². The number of halogens is 3. The van der Waals surface area contributed by atoms with Crippen LogP contribution in [0.1, 0.15) is 28.8 Å². The fourth-order valence-electron chi connectivity index (χ4n) is 4.34. The molecule has 0 atom stereocenters. The van der Waals surface area contributed by atoms with E-state index in [9.17, 15) is 18.0 Å². The Balaban J connectivity index is 1.16. The van der Waals surface area contributed by atoms with Gasteiger partial charge in [0.1, 0.15) is 0 Å². The molecule has 0 saturated carbocycles. The van der Waals surface area contributed by atoms with Crippen molar-refractivity contribution in [2.24, 2.45) is 0 Å². The van der Waals surface area contributed by atoms with Crippen LogP contribution in [0.2, 0.25) is 0 Å². The largest absolute Gasteiger partial charge is 0.416 e. The number of carbonyl (C=O) groups excluding carboxylic acids is 1. The average molecular weight is 482 g/mol. The Labute approximate surface area is 204 Å². The van der Waals surface area contributed by atoms with E-state index in [4.69, 9.17) is 0 Å². The molecule has 0 radical (unpaired) electrons. The normalized spacial score (nSPS) is 14.7. The summed E-state index contributed by atoms with van der Waals surface area (Å²) in [4.78, 5) is 16.9. The summed E-state index contributed by atoms with van der Waals surface area (Å²) in [6.07, 6.45) is -2.50. The smallest absolute Gasteiger partial charge is 0.369 e.